The van der Waals surface area contributed by atoms with E-state index in [9.17, 15) is 4.79 Å². The molecule has 0 fully saturated rings. The Morgan fingerprint density at radius 1 is 1.04 bits per heavy atom. The van der Waals surface area contributed by atoms with Crippen LogP contribution >= 0.6 is 16.1 Å². The Kier molecular flexibility index (Phi) is 6.02. The molecule has 2 aromatic carbocycles. The molecule has 1 amide bonds. The van der Waals surface area contributed by atoms with Crippen molar-refractivity contribution in [1.82, 2.24) is 0 Å². The van der Waals surface area contributed by atoms with Gasteiger partial charge in [0.25, 0.3) is 0 Å². The summed E-state index contributed by atoms with van der Waals surface area (Å²) in [7, 11) is -1.91. The lowest BCUT2D eigenvalue weighted by Gasteiger charge is -2.36. The van der Waals surface area contributed by atoms with Crippen LogP contribution in [0.5, 0.6) is 5.75 Å². The fourth-order valence-electron chi connectivity index (χ4n) is 2.33. The Hall–Kier alpha value is -1.53. The van der Waals surface area contributed by atoms with Crippen LogP contribution in [0.15, 0.2) is 36.4 Å². The van der Waals surface area contributed by atoms with Gasteiger partial charge in [0.2, 0.25) is 8.32 Å². The van der Waals surface area contributed by atoms with Gasteiger partial charge in [-0.1, -0.05) is 32.9 Å². The van der Waals surface area contributed by atoms with Crippen LogP contribution in [0.1, 0.15) is 41.5 Å². The predicted octanol–water partition coefficient (Wildman–Crippen LogP) is 7.28. The smallest absolute Gasteiger partial charge is 0.425 e. The Morgan fingerprint density at radius 2 is 1.67 bits per heavy atom. The lowest BCUT2D eigenvalue weighted by molar-refractivity contribution is 0.0614. The third kappa shape index (κ3) is 5.26. The van der Waals surface area contributed by atoms with E-state index in [0.29, 0.717) is 0 Å². The molecule has 27 heavy (non-hydrogen) atoms. The van der Waals surface area contributed by atoms with Crippen molar-refractivity contribution >= 4 is 47.0 Å². The Labute approximate surface area is 172 Å². The van der Waals surface area contributed by atoms with Crippen LogP contribution in [0.3, 0.4) is 0 Å². The van der Waals surface area contributed by atoms with Crippen LogP contribution < -0.4 is 8.35 Å². The van der Waals surface area contributed by atoms with Crippen molar-refractivity contribution in [1.29, 1.82) is 0 Å². The maximum absolute atomic E-state index is 12.4. The molecule has 0 aromatic heterocycles. The maximum atomic E-state index is 12.4. The number of carbonyl (C=O) groups is 1. The number of nitrogens with zero attached hydrogens (tertiary/aromatic N) is 1. The molecule has 0 aliphatic rings. The molecule has 0 N–H and O–H groups in total. The van der Waals surface area contributed by atoms with E-state index in [2.05, 4.69) is 50.0 Å². The number of hydrogen-bond donors (Lipinski definition) is 0. The van der Waals surface area contributed by atoms with Gasteiger partial charge in [0.1, 0.15) is 11.4 Å². The molecule has 0 aliphatic heterocycles. The number of anilines is 1. The van der Waals surface area contributed by atoms with Crippen LogP contribution in [0.25, 0.3) is 10.8 Å². The third-order valence-corrected chi connectivity index (χ3v) is 9.80. The average molecular weight is 452 g/mol. The number of ether oxygens (including phenoxy) is 1. The summed E-state index contributed by atoms with van der Waals surface area (Å²) in [5, 5.41) is 2.09. The molecule has 2 aromatic rings. The van der Waals surface area contributed by atoms with E-state index in [-0.39, 0.29) is 5.04 Å². The van der Waals surface area contributed by atoms with Gasteiger partial charge >= 0.3 is 6.09 Å². The topological polar surface area (TPSA) is 38.8 Å². The number of hydrogen-bond acceptors (Lipinski definition) is 3. The first kappa shape index (κ1) is 21.8. The van der Waals surface area contributed by atoms with E-state index in [1.54, 1.807) is 0 Å². The molecule has 0 saturated carbocycles. The monoisotopic (exact) mass is 451 g/mol. The zero-order valence-corrected chi connectivity index (χ0v) is 20.1. The highest BCUT2D eigenvalue weighted by Gasteiger charge is 2.39. The lowest BCUT2D eigenvalue weighted by atomic mass is 10.1. The summed E-state index contributed by atoms with van der Waals surface area (Å²) in [5.74, 6) is 0.865. The van der Waals surface area contributed by atoms with Gasteiger partial charge in [0, 0.05) is 5.39 Å². The number of halogens is 1. The first-order chi connectivity index (χ1) is 12.2. The third-order valence-electron chi connectivity index (χ3n) is 4.77. The zero-order valence-electron chi connectivity index (χ0n) is 17.5. The highest BCUT2D eigenvalue weighted by atomic mass is 79.9. The van der Waals surface area contributed by atoms with Crippen molar-refractivity contribution in [3.05, 3.63) is 36.4 Å². The molecule has 0 aliphatic carbocycles. The van der Waals surface area contributed by atoms with Gasteiger partial charge in [-0.15, -0.1) is 0 Å². The molecule has 0 saturated heterocycles. The summed E-state index contributed by atoms with van der Waals surface area (Å²) >= 11 is 3.35. The van der Waals surface area contributed by atoms with Crippen molar-refractivity contribution < 1.29 is 14.0 Å². The molecular formula is C21H30BrNO3Si. The molecule has 148 valence electrons. The lowest BCUT2D eigenvalue weighted by Crippen LogP contribution is -2.43. The largest absolute Gasteiger partial charge is 0.543 e. The molecule has 0 bridgehead atoms. The standard InChI is InChI=1S/C21H30BrNO3Si/c1-20(2,3)25-19(24)23(22)18-11-9-10-15-14-16(12-13-17(15)18)26-27(7,8)21(4,5)6/h9-14H,1-8H3. The van der Waals surface area contributed by atoms with Crippen molar-refractivity contribution in [2.75, 3.05) is 3.93 Å². The maximum Gasteiger partial charge on any atom is 0.425 e. The molecular weight excluding hydrogens is 422 g/mol. The van der Waals surface area contributed by atoms with Gasteiger partial charge in [-0.2, -0.15) is 0 Å². The number of carbonyl (C=O) groups excluding carboxylic acids is 1. The SMILES string of the molecule is CC(C)(C)OC(=O)N(Br)c1cccc2cc(O[Si](C)(C)C(C)(C)C)ccc12. The Balaban J connectivity index is 2.36. The summed E-state index contributed by atoms with van der Waals surface area (Å²) in [6.07, 6.45) is -0.448. The number of rotatable bonds is 3. The number of benzene rings is 2. The van der Waals surface area contributed by atoms with Gasteiger partial charge in [-0.25, -0.2) is 8.72 Å². The molecule has 0 atom stereocenters. The highest BCUT2D eigenvalue weighted by Crippen LogP contribution is 2.39. The van der Waals surface area contributed by atoms with Crippen molar-refractivity contribution in [3.8, 4) is 5.75 Å². The molecule has 6 heteroatoms. The van der Waals surface area contributed by atoms with Gasteiger partial charge in [-0.05, 0) is 68.6 Å². The summed E-state index contributed by atoms with van der Waals surface area (Å²) in [6.45, 7) is 16.7. The average Bonchev–Trinajstić information content (AvgIpc) is 2.50. The van der Waals surface area contributed by atoms with Crippen LogP contribution in [0.2, 0.25) is 18.1 Å². The number of fused-ring (bicyclic) bond motifs is 1. The van der Waals surface area contributed by atoms with Gasteiger partial charge in [-0.3, -0.25) is 0 Å². The Morgan fingerprint density at radius 3 is 2.22 bits per heavy atom. The predicted molar refractivity (Wildman–Crippen MR) is 119 cm³/mol. The summed E-state index contributed by atoms with van der Waals surface area (Å²) in [5.41, 5.74) is 0.179. The molecule has 0 radical (unpaired) electrons. The minimum atomic E-state index is -1.91. The molecule has 0 unspecified atom stereocenters. The first-order valence-corrected chi connectivity index (χ1v) is 12.7. The van der Waals surface area contributed by atoms with E-state index in [1.165, 1.54) is 3.93 Å². The van der Waals surface area contributed by atoms with Crippen molar-refractivity contribution in [3.63, 3.8) is 0 Å². The normalized spacial score (nSPS) is 12.8. The van der Waals surface area contributed by atoms with E-state index in [4.69, 9.17) is 9.16 Å². The van der Waals surface area contributed by atoms with E-state index < -0.39 is 20.0 Å². The van der Waals surface area contributed by atoms with Crippen molar-refractivity contribution in [2.24, 2.45) is 0 Å². The molecule has 4 nitrogen and oxygen atoms in total. The summed E-state index contributed by atoms with van der Waals surface area (Å²) in [4.78, 5) is 12.4. The molecule has 0 heterocycles. The molecule has 0 spiro atoms. The van der Waals surface area contributed by atoms with Gasteiger partial charge < -0.3 is 9.16 Å². The highest BCUT2D eigenvalue weighted by molar-refractivity contribution is 9.10. The minimum Gasteiger partial charge on any atom is -0.543 e. The fraction of sp³-hybridized carbons (Fsp3) is 0.476. The second-order valence-corrected chi connectivity index (χ2v) is 14.7. The van der Waals surface area contributed by atoms with Gasteiger partial charge in [0.15, 0.2) is 0 Å². The van der Waals surface area contributed by atoms with E-state index in [1.807, 2.05) is 57.2 Å². The fourth-order valence-corrected chi connectivity index (χ4v) is 3.73. The van der Waals surface area contributed by atoms with Crippen LogP contribution in [0, 0.1) is 0 Å². The number of amides is 1. The van der Waals surface area contributed by atoms with E-state index in [0.717, 1.165) is 22.2 Å². The Bertz CT molecular complexity index is 837. The van der Waals surface area contributed by atoms with Crippen LogP contribution in [-0.4, -0.2) is 20.0 Å². The van der Waals surface area contributed by atoms with Crippen molar-refractivity contribution in [2.45, 2.75) is 65.3 Å². The second kappa shape index (κ2) is 7.47. The quantitative estimate of drug-likeness (QED) is 0.363. The molecule has 2 rings (SSSR count). The van der Waals surface area contributed by atoms with Crippen LogP contribution in [0.4, 0.5) is 10.5 Å². The van der Waals surface area contributed by atoms with E-state index >= 15 is 0 Å². The van der Waals surface area contributed by atoms with Crippen LogP contribution in [-0.2, 0) is 4.74 Å². The first-order valence-electron chi connectivity index (χ1n) is 9.12. The minimum absolute atomic E-state index is 0.132. The second-order valence-electron chi connectivity index (χ2n) is 9.28. The van der Waals surface area contributed by atoms with Gasteiger partial charge in [0.05, 0.1) is 21.8 Å². The summed E-state index contributed by atoms with van der Waals surface area (Å²) in [6, 6.07) is 11.8. The zero-order chi connectivity index (χ0) is 20.6. The summed E-state index contributed by atoms with van der Waals surface area (Å²) < 4.78 is 13.2.